The molecule has 0 saturated carbocycles. The highest BCUT2D eigenvalue weighted by Gasteiger charge is 2.33. The van der Waals surface area contributed by atoms with Crippen LogP contribution in [0.25, 0.3) is 16.7 Å². The number of hydrogen-bond donors (Lipinski definition) is 1. The van der Waals surface area contributed by atoms with Crippen molar-refractivity contribution < 1.29 is 9.52 Å². The molecule has 0 radical (unpaired) electrons. The number of hydrogen-bond acceptors (Lipinski definition) is 5. The van der Waals surface area contributed by atoms with Crippen LogP contribution in [0.2, 0.25) is 5.02 Å². The van der Waals surface area contributed by atoms with E-state index in [1.54, 1.807) is 12.3 Å². The Bertz CT molecular complexity index is 766. The molecule has 1 aromatic carbocycles. The third kappa shape index (κ3) is 1.70. The molecular weight excluding hydrogens is 296 g/mol. The maximum Gasteiger partial charge on any atom is 0.168 e. The average molecular weight is 307 g/mol. The molecular formula is C14H11ClN2O2S. The molecule has 20 heavy (non-hydrogen) atoms. The van der Waals surface area contributed by atoms with E-state index in [4.69, 9.17) is 16.0 Å². The number of benzene rings is 1. The highest BCUT2D eigenvalue weighted by Crippen LogP contribution is 2.44. The van der Waals surface area contributed by atoms with Gasteiger partial charge in [-0.15, -0.1) is 0 Å². The number of nitrogens with zero attached hydrogens (tertiary/aromatic N) is 2. The first-order chi connectivity index (χ1) is 9.78. The minimum absolute atomic E-state index is 0.00137. The predicted octanol–water partition coefficient (Wildman–Crippen LogP) is 3.17. The SMILES string of the molecule is OCC1=C(c2cc(Cl)cc3occc23)N2CCN=C2S1. The zero-order chi connectivity index (χ0) is 13.7. The summed E-state index contributed by atoms with van der Waals surface area (Å²) >= 11 is 7.73. The number of furan rings is 1. The van der Waals surface area contributed by atoms with Gasteiger partial charge in [0, 0.05) is 33.5 Å². The fraction of sp³-hybridized carbons (Fsp3) is 0.214. The number of amidine groups is 1. The van der Waals surface area contributed by atoms with E-state index in [2.05, 4.69) is 9.89 Å². The molecule has 1 N–H and O–H groups in total. The summed E-state index contributed by atoms with van der Waals surface area (Å²) in [6.45, 7) is 1.63. The molecule has 6 heteroatoms. The largest absolute Gasteiger partial charge is 0.464 e. The van der Waals surface area contributed by atoms with Crippen molar-refractivity contribution in [3.63, 3.8) is 0 Å². The summed E-state index contributed by atoms with van der Waals surface area (Å²) in [6.07, 6.45) is 1.66. The van der Waals surface area contributed by atoms with Gasteiger partial charge >= 0.3 is 0 Å². The van der Waals surface area contributed by atoms with Crippen molar-refractivity contribution in [3.8, 4) is 0 Å². The van der Waals surface area contributed by atoms with Crippen molar-refractivity contribution in [1.29, 1.82) is 0 Å². The molecule has 4 rings (SSSR count). The Kier molecular flexibility index (Phi) is 2.80. The summed E-state index contributed by atoms with van der Waals surface area (Å²) in [5.41, 5.74) is 2.75. The molecule has 0 spiro atoms. The first-order valence-electron chi connectivity index (χ1n) is 6.29. The van der Waals surface area contributed by atoms with Crippen LogP contribution in [0.3, 0.4) is 0 Å². The van der Waals surface area contributed by atoms with Crippen LogP contribution in [-0.2, 0) is 0 Å². The minimum atomic E-state index is 0.00137. The number of aliphatic hydroxyl groups is 1. The van der Waals surface area contributed by atoms with E-state index in [0.717, 1.165) is 45.4 Å². The third-order valence-electron chi connectivity index (χ3n) is 3.49. The fourth-order valence-electron chi connectivity index (χ4n) is 2.67. The Hall–Kier alpha value is -1.43. The highest BCUT2D eigenvalue weighted by atomic mass is 35.5. The molecule has 102 valence electrons. The quantitative estimate of drug-likeness (QED) is 0.926. The van der Waals surface area contributed by atoms with Gasteiger partial charge in [0.05, 0.1) is 25.1 Å². The molecule has 3 heterocycles. The molecule has 4 nitrogen and oxygen atoms in total. The van der Waals surface area contributed by atoms with Crippen molar-refractivity contribution in [3.05, 3.63) is 40.0 Å². The van der Waals surface area contributed by atoms with Gasteiger partial charge in [0.15, 0.2) is 5.17 Å². The lowest BCUT2D eigenvalue weighted by Crippen LogP contribution is -2.20. The maximum absolute atomic E-state index is 9.63. The number of halogens is 1. The van der Waals surface area contributed by atoms with Crippen LogP contribution in [0.15, 0.2) is 38.8 Å². The van der Waals surface area contributed by atoms with Crippen molar-refractivity contribution in [2.75, 3.05) is 19.7 Å². The summed E-state index contributed by atoms with van der Waals surface area (Å²) in [7, 11) is 0. The zero-order valence-corrected chi connectivity index (χ0v) is 12.0. The van der Waals surface area contributed by atoms with E-state index in [0.29, 0.717) is 5.02 Å². The Morgan fingerprint density at radius 3 is 3.20 bits per heavy atom. The summed E-state index contributed by atoms with van der Waals surface area (Å²) in [5, 5.41) is 12.2. The molecule has 0 bridgehead atoms. The van der Waals surface area contributed by atoms with Crippen LogP contribution >= 0.6 is 23.4 Å². The van der Waals surface area contributed by atoms with Crippen molar-refractivity contribution in [2.24, 2.45) is 4.99 Å². The second-order valence-electron chi connectivity index (χ2n) is 4.63. The lowest BCUT2D eigenvalue weighted by atomic mass is 10.1. The summed E-state index contributed by atoms with van der Waals surface area (Å²) in [6, 6.07) is 5.66. The Balaban J connectivity index is 1.97. The molecule has 2 aliphatic heterocycles. The number of fused-ring (bicyclic) bond motifs is 2. The first-order valence-corrected chi connectivity index (χ1v) is 7.48. The van der Waals surface area contributed by atoms with Gasteiger partial charge in [0.1, 0.15) is 5.58 Å². The second-order valence-corrected chi connectivity index (χ2v) is 6.13. The smallest absolute Gasteiger partial charge is 0.168 e. The predicted molar refractivity (Wildman–Crippen MR) is 81.8 cm³/mol. The van der Waals surface area contributed by atoms with Gasteiger partial charge < -0.3 is 14.4 Å². The average Bonchev–Trinajstić information content (AvgIpc) is 3.11. The van der Waals surface area contributed by atoms with Crippen LogP contribution in [0.1, 0.15) is 5.56 Å². The van der Waals surface area contributed by atoms with E-state index >= 15 is 0 Å². The number of thioether (sulfide) groups is 1. The van der Waals surface area contributed by atoms with Crippen LogP contribution in [0.4, 0.5) is 0 Å². The fourth-order valence-corrected chi connectivity index (χ4v) is 3.93. The highest BCUT2D eigenvalue weighted by molar-refractivity contribution is 8.17. The summed E-state index contributed by atoms with van der Waals surface area (Å²) in [5.74, 6) is 0. The standard InChI is InChI=1S/C14H11ClN2O2S/c15-8-5-10(9-1-4-19-11(9)6-8)13-12(7-18)20-14-16-2-3-17(13)14/h1,4-6,18H,2-3,7H2. The topological polar surface area (TPSA) is 49.0 Å². The molecule has 2 aliphatic rings. The van der Waals surface area contributed by atoms with Crippen molar-refractivity contribution in [2.45, 2.75) is 0 Å². The van der Waals surface area contributed by atoms with Crippen LogP contribution in [0, 0.1) is 0 Å². The molecule has 1 aromatic heterocycles. The summed E-state index contributed by atoms with van der Waals surface area (Å²) in [4.78, 5) is 7.52. The number of rotatable bonds is 2. The number of aliphatic hydroxyl groups excluding tert-OH is 1. The van der Waals surface area contributed by atoms with Gasteiger partial charge in [-0.1, -0.05) is 23.4 Å². The molecule has 0 unspecified atom stereocenters. The normalized spacial score (nSPS) is 18.1. The van der Waals surface area contributed by atoms with E-state index in [-0.39, 0.29) is 6.61 Å². The van der Waals surface area contributed by atoms with Crippen molar-refractivity contribution >= 4 is 45.2 Å². The summed E-state index contributed by atoms with van der Waals surface area (Å²) < 4.78 is 5.45. The molecule has 0 aliphatic carbocycles. The van der Waals surface area contributed by atoms with Gasteiger partial charge in [-0.3, -0.25) is 4.99 Å². The van der Waals surface area contributed by atoms with Gasteiger partial charge in [-0.05, 0) is 12.1 Å². The van der Waals surface area contributed by atoms with Gasteiger partial charge in [-0.25, -0.2) is 0 Å². The van der Waals surface area contributed by atoms with E-state index in [9.17, 15) is 5.11 Å². The number of aliphatic imine (C=N–C) groups is 1. The Morgan fingerprint density at radius 2 is 2.35 bits per heavy atom. The monoisotopic (exact) mass is 306 g/mol. The molecule has 0 amide bonds. The second kappa shape index (κ2) is 4.55. The third-order valence-corrected chi connectivity index (χ3v) is 4.80. The van der Waals surface area contributed by atoms with Crippen LogP contribution in [-0.4, -0.2) is 34.9 Å². The van der Waals surface area contributed by atoms with E-state index < -0.39 is 0 Å². The van der Waals surface area contributed by atoms with Gasteiger partial charge in [0.2, 0.25) is 0 Å². The van der Waals surface area contributed by atoms with Crippen LogP contribution < -0.4 is 0 Å². The van der Waals surface area contributed by atoms with Crippen LogP contribution in [0.5, 0.6) is 0 Å². The zero-order valence-electron chi connectivity index (χ0n) is 10.5. The Labute approximate surface area is 124 Å². The molecule has 0 atom stereocenters. The lowest BCUT2D eigenvalue weighted by molar-refractivity contribution is 0.339. The Morgan fingerprint density at radius 1 is 1.45 bits per heavy atom. The van der Waals surface area contributed by atoms with Crippen molar-refractivity contribution in [1.82, 2.24) is 4.90 Å². The molecule has 0 fully saturated rings. The van der Waals surface area contributed by atoms with E-state index in [1.807, 2.05) is 12.1 Å². The molecule has 0 saturated heterocycles. The van der Waals surface area contributed by atoms with E-state index in [1.165, 1.54) is 11.8 Å². The molecule has 2 aromatic rings. The maximum atomic E-state index is 9.63. The van der Waals surface area contributed by atoms with Gasteiger partial charge in [-0.2, -0.15) is 0 Å². The lowest BCUT2D eigenvalue weighted by Gasteiger charge is -2.18. The first kappa shape index (κ1) is 12.3. The minimum Gasteiger partial charge on any atom is -0.464 e. The van der Waals surface area contributed by atoms with Gasteiger partial charge in [0.25, 0.3) is 0 Å².